The van der Waals surface area contributed by atoms with Crippen LogP contribution in [0.5, 0.6) is 0 Å². The van der Waals surface area contributed by atoms with Gasteiger partial charge < -0.3 is 10.0 Å². The molecule has 0 spiro atoms. The molecule has 1 amide bonds. The molecule has 1 aromatic heterocycles. The van der Waals surface area contributed by atoms with Crippen LogP contribution in [0.15, 0.2) is 53.6 Å². The Morgan fingerprint density at radius 1 is 1.17 bits per heavy atom. The van der Waals surface area contributed by atoms with E-state index in [2.05, 4.69) is 15.8 Å². The Bertz CT molecular complexity index is 1120. The highest BCUT2D eigenvalue weighted by molar-refractivity contribution is 5.77. The monoisotopic (exact) mass is 474 g/mol. The molecule has 0 bridgehead atoms. The highest BCUT2D eigenvalue weighted by atomic mass is 16.3. The molecule has 0 unspecified atom stereocenters. The number of amides is 1. The summed E-state index contributed by atoms with van der Waals surface area (Å²) in [7, 11) is 0. The molecule has 7 heteroatoms. The third-order valence-electron chi connectivity index (χ3n) is 7.04. The van der Waals surface area contributed by atoms with Crippen LogP contribution in [0.2, 0.25) is 0 Å². The number of aromatic nitrogens is 2. The predicted octanol–water partition coefficient (Wildman–Crippen LogP) is 2.51. The molecule has 2 saturated heterocycles. The average molecular weight is 475 g/mol. The van der Waals surface area contributed by atoms with E-state index in [1.165, 1.54) is 29.8 Å². The van der Waals surface area contributed by atoms with Gasteiger partial charge >= 0.3 is 0 Å². The first kappa shape index (κ1) is 24.9. The van der Waals surface area contributed by atoms with Crippen molar-refractivity contribution in [2.45, 2.75) is 50.2 Å². The fourth-order valence-corrected chi connectivity index (χ4v) is 4.85. The molecule has 1 aromatic carbocycles. The lowest BCUT2D eigenvalue weighted by Crippen LogP contribution is -2.49. The minimum absolute atomic E-state index is 0.0113. The Morgan fingerprint density at radius 3 is 2.54 bits per heavy atom. The molecular formula is C28H34N4O3. The number of hydrogen-bond acceptors (Lipinski definition) is 5. The van der Waals surface area contributed by atoms with Crippen LogP contribution in [0.1, 0.15) is 49.3 Å². The number of piperidine rings is 1. The maximum Gasteiger partial charge on any atom is 0.253 e. The molecule has 2 aliphatic rings. The first-order valence-electron chi connectivity index (χ1n) is 12.4. The SMILES string of the molecule is C#C[C@H](CC(=O)N1CCC(O)(Cn2cnc(/C=C/CN3CCCC3)cc2=O)CC1)c1ccccc1. The molecule has 2 aliphatic heterocycles. The van der Waals surface area contributed by atoms with Crippen molar-refractivity contribution >= 4 is 12.0 Å². The number of carbonyl (C=O) groups is 1. The van der Waals surface area contributed by atoms with Crippen molar-refractivity contribution in [1.82, 2.24) is 19.4 Å². The normalized spacial score (nSPS) is 19.0. The maximum atomic E-state index is 12.8. The van der Waals surface area contributed by atoms with E-state index < -0.39 is 5.60 Å². The van der Waals surface area contributed by atoms with Gasteiger partial charge in [0.25, 0.3) is 5.56 Å². The second-order valence-electron chi connectivity index (χ2n) is 9.63. The lowest BCUT2D eigenvalue weighted by Gasteiger charge is -2.38. The second-order valence-corrected chi connectivity index (χ2v) is 9.63. The van der Waals surface area contributed by atoms with Crippen LogP contribution in [-0.4, -0.2) is 68.7 Å². The minimum atomic E-state index is -1.06. The number of nitrogens with zero attached hydrogens (tertiary/aromatic N) is 4. The summed E-state index contributed by atoms with van der Waals surface area (Å²) < 4.78 is 1.46. The number of terminal acetylenes is 1. The van der Waals surface area contributed by atoms with E-state index in [1.54, 1.807) is 4.90 Å². The minimum Gasteiger partial charge on any atom is -0.388 e. The number of rotatable bonds is 8. The third-order valence-corrected chi connectivity index (χ3v) is 7.04. The highest BCUT2D eigenvalue weighted by Crippen LogP contribution is 2.26. The zero-order chi connectivity index (χ0) is 24.7. The van der Waals surface area contributed by atoms with Crippen molar-refractivity contribution in [3.05, 3.63) is 70.4 Å². The number of hydrogen-bond donors (Lipinski definition) is 1. The lowest BCUT2D eigenvalue weighted by molar-refractivity contribution is -0.136. The number of likely N-dealkylation sites (tertiary alicyclic amines) is 2. The van der Waals surface area contributed by atoms with Crippen molar-refractivity contribution < 1.29 is 9.90 Å². The summed E-state index contributed by atoms with van der Waals surface area (Å²) in [5, 5.41) is 11.1. The van der Waals surface area contributed by atoms with E-state index in [0.29, 0.717) is 31.6 Å². The van der Waals surface area contributed by atoms with Crippen LogP contribution in [-0.2, 0) is 11.3 Å². The second kappa shape index (κ2) is 11.5. The van der Waals surface area contributed by atoms with E-state index in [1.807, 2.05) is 42.5 Å². The van der Waals surface area contributed by atoms with Crippen LogP contribution in [0.4, 0.5) is 0 Å². The van der Waals surface area contributed by atoms with Gasteiger partial charge in [0, 0.05) is 32.1 Å². The summed E-state index contributed by atoms with van der Waals surface area (Å²) in [6, 6.07) is 11.1. The van der Waals surface area contributed by atoms with Crippen LogP contribution in [0.3, 0.4) is 0 Å². The summed E-state index contributed by atoms with van der Waals surface area (Å²) in [4.78, 5) is 34.0. The van der Waals surface area contributed by atoms with Gasteiger partial charge in [-0.2, -0.15) is 0 Å². The smallest absolute Gasteiger partial charge is 0.253 e. The van der Waals surface area contributed by atoms with Crippen LogP contribution in [0.25, 0.3) is 6.08 Å². The Labute approximate surface area is 207 Å². The molecule has 2 aromatic rings. The lowest BCUT2D eigenvalue weighted by atomic mass is 9.90. The molecule has 0 radical (unpaired) electrons. The Hall–Kier alpha value is -3.21. The zero-order valence-corrected chi connectivity index (χ0v) is 20.2. The fourth-order valence-electron chi connectivity index (χ4n) is 4.85. The van der Waals surface area contributed by atoms with Gasteiger partial charge in [-0.1, -0.05) is 42.3 Å². The first-order valence-corrected chi connectivity index (χ1v) is 12.4. The molecule has 0 aliphatic carbocycles. The van der Waals surface area contributed by atoms with E-state index in [9.17, 15) is 14.7 Å². The van der Waals surface area contributed by atoms with Crippen molar-refractivity contribution in [3.63, 3.8) is 0 Å². The number of benzene rings is 1. The molecule has 7 nitrogen and oxygen atoms in total. The summed E-state index contributed by atoms with van der Waals surface area (Å²) in [5.41, 5.74) is 0.338. The number of aliphatic hydroxyl groups is 1. The molecule has 35 heavy (non-hydrogen) atoms. The Balaban J connectivity index is 1.29. The van der Waals surface area contributed by atoms with Crippen LogP contribution in [0, 0.1) is 12.3 Å². The van der Waals surface area contributed by atoms with Gasteiger partial charge in [0.05, 0.1) is 30.1 Å². The first-order chi connectivity index (χ1) is 17.0. The molecule has 0 saturated carbocycles. The van der Waals surface area contributed by atoms with E-state index in [0.717, 1.165) is 25.2 Å². The van der Waals surface area contributed by atoms with Gasteiger partial charge in [-0.25, -0.2) is 4.98 Å². The topological polar surface area (TPSA) is 78.7 Å². The van der Waals surface area contributed by atoms with Gasteiger partial charge in [-0.15, -0.1) is 6.42 Å². The van der Waals surface area contributed by atoms with Crippen molar-refractivity contribution in [2.24, 2.45) is 0 Å². The van der Waals surface area contributed by atoms with E-state index in [-0.39, 0.29) is 30.3 Å². The molecule has 184 valence electrons. The van der Waals surface area contributed by atoms with Crippen molar-refractivity contribution in [1.29, 1.82) is 0 Å². The molecule has 3 heterocycles. The van der Waals surface area contributed by atoms with Gasteiger partial charge in [0.2, 0.25) is 5.91 Å². The van der Waals surface area contributed by atoms with Crippen molar-refractivity contribution in [3.8, 4) is 12.3 Å². The van der Waals surface area contributed by atoms with E-state index >= 15 is 0 Å². The molecule has 4 rings (SSSR count). The molecule has 2 fully saturated rings. The summed E-state index contributed by atoms with van der Waals surface area (Å²) >= 11 is 0. The zero-order valence-electron chi connectivity index (χ0n) is 20.2. The predicted molar refractivity (Wildman–Crippen MR) is 137 cm³/mol. The Kier molecular flexibility index (Phi) is 8.17. The average Bonchev–Trinajstić information content (AvgIpc) is 3.38. The van der Waals surface area contributed by atoms with Crippen LogP contribution < -0.4 is 5.56 Å². The van der Waals surface area contributed by atoms with Gasteiger partial charge in [0.1, 0.15) is 0 Å². The van der Waals surface area contributed by atoms with E-state index in [4.69, 9.17) is 6.42 Å². The third kappa shape index (κ3) is 6.68. The quantitative estimate of drug-likeness (QED) is 0.595. The molecule has 1 atom stereocenters. The number of carbonyl (C=O) groups excluding carboxylic acids is 1. The standard InChI is InChI=1S/C28H34N4O3/c1-2-23(24-9-4-3-5-10-24)19-26(33)31-17-12-28(35,13-18-31)21-32-22-29-25(20-27(32)34)11-8-16-30-14-6-7-15-30/h1,3-5,8-11,20,22-23,35H,6-7,12-19,21H2/b11-8+/t23-/m1/s1. The van der Waals surface area contributed by atoms with Crippen LogP contribution >= 0.6 is 0 Å². The van der Waals surface area contributed by atoms with Crippen molar-refractivity contribution in [2.75, 3.05) is 32.7 Å². The maximum absolute atomic E-state index is 12.8. The van der Waals surface area contributed by atoms with Gasteiger partial charge in [-0.3, -0.25) is 19.1 Å². The summed E-state index contributed by atoms with van der Waals surface area (Å²) in [6.45, 7) is 4.14. The van der Waals surface area contributed by atoms with Gasteiger partial charge in [0.15, 0.2) is 0 Å². The summed E-state index contributed by atoms with van der Waals surface area (Å²) in [5.74, 6) is 2.45. The highest BCUT2D eigenvalue weighted by Gasteiger charge is 2.35. The Morgan fingerprint density at radius 2 is 1.89 bits per heavy atom. The molecule has 1 N–H and O–H groups in total. The summed E-state index contributed by atoms with van der Waals surface area (Å²) in [6.07, 6.45) is 14.6. The fraction of sp³-hybridized carbons (Fsp3) is 0.464. The molecular weight excluding hydrogens is 440 g/mol. The largest absolute Gasteiger partial charge is 0.388 e. The van der Waals surface area contributed by atoms with Gasteiger partial charge in [-0.05, 0) is 50.4 Å².